The van der Waals surface area contributed by atoms with E-state index in [0.29, 0.717) is 37.7 Å². The van der Waals surface area contributed by atoms with Crippen molar-refractivity contribution in [3.63, 3.8) is 0 Å². The van der Waals surface area contributed by atoms with E-state index in [0.717, 1.165) is 0 Å². The molecule has 0 saturated carbocycles. The third-order valence-corrected chi connectivity index (χ3v) is 4.54. The molecule has 0 radical (unpaired) electrons. The second-order valence-electron chi connectivity index (χ2n) is 6.73. The molecule has 1 saturated heterocycles. The maximum atomic E-state index is 13.8. The maximum Gasteiger partial charge on any atom is 0.325 e. The number of aromatic nitrogens is 1. The number of ether oxygens (including phenoxy) is 1. The van der Waals surface area contributed by atoms with Crippen LogP contribution in [0, 0.1) is 5.82 Å². The molecule has 2 aromatic rings. The number of hydrogen-bond donors (Lipinski definition) is 2. The van der Waals surface area contributed by atoms with Gasteiger partial charge in [0.05, 0.1) is 31.0 Å². The third kappa shape index (κ3) is 5.94. The summed E-state index contributed by atoms with van der Waals surface area (Å²) in [6.07, 6.45) is -2.10. The Kier molecular flexibility index (Phi) is 7.60. The van der Waals surface area contributed by atoms with Gasteiger partial charge in [-0.05, 0) is 30.3 Å². The zero-order valence-electron chi connectivity index (χ0n) is 16.8. The maximum absolute atomic E-state index is 13.8. The zero-order chi connectivity index (χ0) is 23.1. The molecule has 0 spiro atoms. The van der Waals surface area contributed by atoms with Crippen LogP contribution in [0.25, 0.3) is 0 Å². The highest BCUT2D eigenvalue weighted by molar-refractivity contribution is 5.95. The number of halogens is 3. The van der Waals surface area contributed by atoms with Gasteiger partial charge >= 0.3 is 18.4 Å². The van der Waals surface area contributed by atoms with E-state index in [9.17, 15) is 27.6 Å². The number of carbonyl (C=O) groups excluding carboxylic acids is 3. The molecule has 9 nitrogen and oxygen atoms in total. The molecule has 1 fully saturated rings. The Bertz CT molecular complexity index is 968. The molecule has 1 aliphatic heterocycles. The minimum absolute atomic E-state index is 0.000118. The number of urea groups is 1. The Morgan fingerprint density at radius 3 is 2.50 bits per heavy atom. The first-order valence-corrected chi connectivity index (χ1v) is 9.58. The second kappa shape index (κ2) is 10.6. The molecule has 0 unspecified atom stereocenters. The van der Waals surface area contributed by atoms with Crippen molar-refractivity contribution in [2.75, 3.05) is 31.2 Å². The van der Waals surface area contributed by atoms with Crippen molar-refractivity contribution in [3.05, 3.63) is 59.7 Å². The van der Waals surface area contributed by atoms with Gasteiger partial charge in [-0.2, -0.15) is 8.78 Å². The molecule has 0 bridgehead atoms. The molecule has 32 heavy (non-hydrogen) atoms. The molecular weight excluding hydrogens is 431 g/mol. The van der Waals surface area contributed by atoms with Gasteiger partial charge in [-0.3, -0.25) is 30.3 Å². The molecule has 2 heterocycles. The number of hydrogen-bond acceptors (Lipinski definition) is 5. The summed E-state index contributed by atoms with van der Waals surface area (Å²) in [5.74, 6) is -2.99. The summed E-state index contributed by atoms with van der Waals surface area (Å²) in [6.45, 7) is 1.56. The van der Waals surface area contributed by atoms with Crippen LogP contribution in [0.2, 0.25) is 0 Å². The highest BCUT2D eigenvalue weighted by Gasteiger charge is 2.25. The molecule has 12 heteroatoms. The number of carbonyl (C=O) groups is 3. The zero-order valence-corrected chi connectivity index (χ0v) is 16.8. The van der Waals surface area contributed by atoms with Gasteiger partial charge in [-0.25, -0.2) is 9.18 Å². The molecule has 1 aliphatic rings. The van der Waals surface area contributed by atoms with Crippen LogP contribution in [0.1, 0.15) is 16.1 Å². The van der Waals surface area contributed by atoms with Gasteiger partial charge in [0.25, 0.3) is 5.91 Å². The van der Waals surface area contributed by atoms with Gasteiger partial charge in [0.2, 0.25) is 0 Å². The lowest BCUT2D eigenvalue weighted by atomic mass is 10.2. The van der Waals surface area contributed by atoms with E-state index in [4.69, 9.17) is 4.74 Å². The van der Waals surface area contributed by atoms with Crippen molar-refractivity contribution in [1.29, 1.82) is 0 Å². The standard InChI is InChI=1S/C20H20F3N5O4/c21-14-2-1-3-16(10-14)28(20(31)27-6-8-32-9-7-27)12-15-5-4-13(11-24-15)18(29)25-26-19(30)17(22)23/h1-5,10-11,17H,6-9,12H2,(H,25,29)(H,26,30). The van der Waals surface area contributed by atoms with Gasteiger partial charge < -0.3 is 9.64 Å². The van der Waals surface area contributed by atoms with Crippen molar-refractivity contribution in [3.8, 4) is 0 Å². The van der Waals surface area contributed by atoms with E-state index >= 15 is 0 Å². The summed E-state index contributed by atoms with van der Waals surface area (Å²) in [5, 5.41) is 0. The summed E-state index contributed by atoms with van der Waals surface area (Å²) in [6, 6.07) is 8.04. The van der Waals surface area contributed by atoms with E-state index in [1.54, 1.807) is 16.4 Å². The summed E-state index contributed by atoms with van der Waals surface area (Å²) in [4.78, 5) is 42.9. The van der Waals surface area contributed by atoms with E-state index in [1.165, 1.54) is 41.4 Å². The number of morpholine rings is 1. The molecule has 3 rings (SSSR count). The molecule has 170 valence electrons. The topological polar surface area (TPSA) is 104 Å². The fourth-order valence-corrected chi connectivity index (χ4v) is 2.90. The number of amides is 4. The van der Waals surface area contributed by atoms with E-state index in [1.807, 2.05) is 5.43 Å². The minimum atomic E-state index is -3.27. The fraction of sp³-hybridized carbons (Fsp3) is 0.300. The Morgan fingerprint density at radius 2 is 1.88 bits per heavy atom. The van der Waals surface area contributed by atoms with Crippen LogP contribution in [-0.2, 0) is 16.1 Å². The van der Waals surface area contributed by atoms with Crippen molar-refractivity contribution in [1.82, 2.24) is 20.7 Å². The number of anilines is 1. The number of nitrogens with one attached hydrogen (secondary N) is 2. The predicted octanol–water partition coefficient (Wildman–Crippen LogP) is 1.71. The second-order valence-corrected chi connectivity index (χ2v) is 6.73. The van der Waals surface area contributed by atoms with Crippen LogP contribution in [0.4, 0.5) is 23.7 Å². The lowest BCUT2D eigenvalue weighted by Gasteiger charge is -2.33. The normalized spacial score (nSPS) is 13.6. The van der Waals surface area contributed by atoms with Gasteiger partial charge in [0.1, 0.15) is 5.82 Å². The average Bonchev–Trinajstić information content (AvgIpc) is 2.81. The smallest absolute Gasteiger partial charge is 0.325 e. The number of pyridine rings is 1. The Balaban J connectivity index is 1.73. The number of benzene rings is 1. The van der Waals surface area contributed by atoms with Crippen LogP contribution >= 0.6 is 0 Å². The quantitative estimate of drug-likeness (QED) is 0.674. The summed E-state index contributed by atoms with van der Waals surface area (Å²) >= 11 is 0. The third-order valence-electron chi connectivity index (χ3n) is 4.54. The van der Waals surface area contributed by atoms with Crippen LogP contribution < -0.4 is 15.8 Å². The predicted molar refractivity (Wildman–Crippen MR) is 106 cm³/mol. The first-order chi connectivity index (χ1) is 15.3. The summed E-state index contributed by atoms with van der Waals surface area (Å²) in [7, 11) is 0. The van der Waals surface area contributed by atoms with Crippen molar-refractivity contribution >= 4 is 23.5 Å². The first kappa shape index (κ1) is 23.0. The lowest BCUT2D eigenvalue weighted by Crippen LogP contribution is -2.48. The number of alkyl halides is 2. The van der Waals surface area contributed by atoms with Gasteiger partial charge in [-0.1, -0.05) is 6.07 Å². The summed E-state index contributed by atoms with van der Waals surface area (Å²) in [5.41, 5.74) is 4.16. The Morgan fingerprint density at radius 1 is 1.12 bits per heavy atom. The molecule has 1 aromatic heterocycles. The SMILES string of the molecule is O=C(NNC(=O)C(F)F)c1ccc(CN(C(=O)N2CCOCC2)c2cccc(F)c2)nc1. The van der Waals surface area contributed by atoms with Crippen LogP contribution in [0.3, 0.4) is 0 Å². The molecule has 0 aliphatic carbocycles. The fourth-order valence-electron chi connectivity index (χ4n) is 2.90. The molecule has 1 aromatic carbocycles. The Labute approximate surface area is 181 Å². The molecule has 2 N–H and O–H groups in total. The van der Waals surface area contributed by atoms with Crippen molar-refractivity contribution < 1.29 is 32.3 Å². The first-order valence-electron chi connectivity index (χ1n) is 9.58. The summed E-state index contributed by atoms with van der Waals surface area (Å²) < 4.78 is 43.4. The van der Waals surface area contributed by atoms with E-state index in [-0.39, 0.29) is 18.1 Å². The van der Waals surface area contributed by atoms with Crippen molar-refractivity contribution in [2.45, 2.75) is 13.0 Å². The van der Waals surface area contributed by atoms with E-state index < -0.39 is 24.1 Å². The largest absolute Gasteiger partial charge is 0.378 e. The number of rotatable bonds is 5. The van der Waals surface area contributed by atoms with Gasteiger partial charge in [0, 0.05) is 25.0 Å². The molecular formula is C20H20F3N5O4. The number of hydrazine groups is 1. The van der Waals surface area contributed by atoms with E-state index in [2.05, 4.69) is 4.98 Å². The minimum Gasteiger partial charge on any atom is -0.378 e. The van der Waals surface area contributed by atoms with Crippen LogP contribution in [0.15, 0.2) is 42.6 Å². The number of nitrogens with zero attached hydrogens (tertiary/aromatic N) is 3. The lowest BCUT2D eigenvalue weighted by molar-refractivity contribution is -0.132. The Hall–Kier alpha value is -3.67. The highest BCUT2D eigenvalue weighted by atomic mass is 19.3. The highest BCUT2D eigenvalue weighted by Crippen LogP contribution is 2.20. The van der Waals surface area contributed by atoms with Crippen LogP contribution in [-0.4, -0.2) is 60.5 Å². The monoisotopic (exact) mass is 451 g/mol. The molecule has 4 amide bonds. The average molecular weight is 451 g/mol. The van der Waals surface area contributed by atoms with Crippen LogP contribution in [0.5, 0.6) is 0 Å². The van der Waals surface area contributed by atoms with Gasteiger partial charge in [-0.15, -0.1) is 0 Å². The van der Waals surface area contributed by atoms with Gasteiger partial charge in [0.15, 0.2) is 0 Å². The van der Waals surface area contributed by atoms with Crippen molar-refractivity contribution in [2.24, 2.45) is 0 Å². The molecule has 0 atom stereocenters.